The third-order valence-corrected chi connectivity index (χ3v) is 3.43. The number of hydrogen-bond donors (Lipinski definition) is 1. The zero-order valence-corrected chi connectivity index (χ0v) is 11.4. The van der Waals surface area contributed by atoms with Crippen LogP contribution >= 0.6 is 34.2 Å². The molecule has 0 aliphatic carbocycles. The van der Waals surface area contributed by atoms with Crippen LogP contribution in [0, 0.1) is 3.57 Å². The predicted molar refractivity (Wildman–Crippen MR) is 76.6 cm³/mol. The van der Waals surface area contributed by atoms with E-state index in [-0.39, 0.29) is 6.04 Å². The molecule has 0 saturated carbocycles. The third-order valence-electron chi connectivity index (χ3n) is 2.46. The van der Waals surface area contributed by atoms with Crippen LogP contribution in [0.3, 0.4) is 0 Å². The SMILES string of the molecule is NC(c1ccc(Cl)cc1)c1ccc(I)cc1. The highest BCUT2D eigenvalue weighted by molar-refractivity contribution is 14.1. The molecule has 0 aliphatic heterocycles. The van der Waals surface area contributed by atoms with Crippen LogP contribution in [0.4, 0.5) is 0 Å². The van der Waals surface area contributed by atoms with Gasteiger partial charge in [0, 0.05) is 8.59 Å². The zero-order valence-electron chi connectivity index (χ0n) is 8.53. The molecule has 0 saturated heterocycles. The molecule has 2 aromatic rings. The van der Waals surface area contributed by atoms with Crippen molar-refractivity contribution >= 4 is 34.2 Å². The van der Waals surface area contributed by atoms with E-state index >= 15 is 0 Å². The van der Waals surface area contributed by atoms with Crippen molar-refractivity contribution in [2.45, 2.75) is 6.04 Å². The van der Waals surface area contributed by atoms with Crippen LogP contribution < -0.4 is 5.73 Å². The molecule has 1 unspecified atom stereocenters. The van der Waals surface area contributed by atoms with Crippen molar-refractivity contribution in [2.75, 3.05) is 0 Å². The van der Waals surface area contributed by atoms with Gasteiger partial charge in [0.15, 0.2) is 0 Å². The summed E-state index contributed by atoms with van der Waals surface area (Å²) >= 11 is 8.12. The predicted octanol–water partition coefficient (Wildman–Crippen LogP) is 3.99. The summed E-state index contributed by atoms with van der Waals surface area (Å²) in [5.41, 5.74) is 8.36. The van der Waals surface area contributed by atoms with E-state index in [2.05, 4.69) is 46.9 Å². The van der Waals surface area contributed by atoms with Crippen molar-refractivity contribution in [3.8, 4) is 0 Å². The molecule has 16 heavy (non-hydrogen) atoms. The van der Waals surface area contributed by atoms with Gasteiger partial charge < -0.3 is 5.73 Å². The van der Waals surface area contributed by atoms with Crippen molar-refractivity contribution < 1.29 is 0 Å². The second-order valence-corrected chi connectivity index (χ2v) is 5.26. The lowest BCUT2D eigenvalue weighted by Crippen LogP contribution is -2.11. The van der Waals surface area contributed by atoms with Gasteiger partial charge in [-0.1, -0.05) is 35.9 Å². The van der Waals surface area contributed by atoms with Crippen LogP contribution in [0.25, 0.3) is 0 Å². The summed E-state index contributed by atoms with van der Waals surface area (Å²) in [5.74, 6) is 0. The largest absolute Gasteiger partial charge is 0.320 e. The Labute approximate surface area is 114 Å². The second-order valence-electron chi connectivity index (χ2n) is 3.58. The summed E-state index contributed by atoms with van der Waals surface area (Å²) in [4.78, 5) is 0. The molecule has 0 amide bonds. The molecular formula is C13H11ClIN. The van der Waals surface area contributed by atoms with Crippen molar-refractivity contribution in [1.29, 1.82) is 0 Å². The van der Waals surface area contributed by atoms with Gasteiger partial charge >= 0.3 is 0 Å². The number of hydrogen-bond acceptors (Lipinski definition) is 1. The van der Waals surface area contributed by atoms with Gasteiger partial charge in [0.1, 0.15) is 0 Å². The molecule has 1 atom stereocenters. The summed E-state index contributed by atoms with van der Waals surface area (Å²) < 4.78 is 1.21. The number of halogens is 2. The molecule has 0 aromatic heterocycles. The van der Waals surface area contributed by atoms with E-state index in [1.165, 1.54) is 3.57 Å². The number of nitrogens with two attached hydrogens (primary N) is 1. The van der Waals surface area contributed by atoms with Gasteiger partial charge in [-0.15, -0.1) is 0 Å². The van der Waals surface area contributed by atoms with Gasteiger partial charge in [0.25, 0.3) is 0 Å². The standard InChI is InChI=1S/C13H11ClIN/c14-11-5-1-9(2-6-11)13(16)10-3-7-12(15)8-4-10/h1-8,13H,16H2. The van der Waals surface area contributed by atoms with Crippen LogP contribution in [-0.2, 0) is 0 Å². The molecule has 0 fully saturated rings. The van der Waals surface area contributed by atoms with Crippen molar-refractivity contribution in [3.05, 3.63) is 68.3 Å². The average molecular weight is 344 g/mol. The number of benzene rings is 2. The quantitative estimate of drug-likeness (QED) is 0.820. The molecular weight excluding hydrogens is 333 g/mol. The maximum absolute atomic E-state index is 6.17. The van der Waals surface area contributed by atoms with Crippen LogP contribution in [0.15, 0.2) is 48.5 Å². The van der Waals surface area contributed by atoms with E-state index in [1.54, 1.807) is 0 Å². The molecule has 0 heterocycles. The van der Waals surface area contributed by atoms with Crippen molar-refractivity contribution in [3.63, 3.8) is 0 Å². The van der Waals surface area contributed by atoms with Gasteiger partial charge in [-0.05, 0) is 58.0 Å². The molecule has 0 spiro atoms. The van der Waals surface area contributed by atoms with Gasteiger partial charge in [-0.2, -0.15) is 0 Å². The molecule has 1 nitrogen and oxygen atoms in total. The van der Waals surface area contributed by atoms with Gasteiger partial charge in [0.05, 0.1) is 6.04 Å². The first kappa shape index (κ1) is 11.9. The Bertz CT molecular complexity index is 419. The van der Waals surface area contributed by atoms with Gasteiger partial charge in [-0.3, -0.25) is 0 Å². The Morgan fingerprint density at radius 2 is 1.31 bits per heavy atom. The normalized spacial score (nSPS) is 12.4. The molecule has 0 bridgehead atoms. The molecule has 82 valence electrons. The van der Waals surface area contributed by atoms with Crippen molar-refractivity contribution in [1.82, 2.24) is 0 Å². The number of rotatable bonds is 2. The van der Waals surface area contributed by atoms with E-state index in [9.17, 15) is 0 Å². The fourth-order valence-corrected chi connectivity index (χ4v) is 2.02. The van der Waals surface area contributed by atoms with Crippen molar-refractivity contribution in [2.24, 2.45) is 5.73 Å². The Kier molecular flexibility index (Phi) is 3.84. The third kappa shape index (κ3) is 2.75. The summed E-state index contributed by atoms with van der Waals surface area (Å²) in [6, 6.07) is 15.8. The minimum atomic E-state index is -0.0886. The fraction of sp³-hybridized carbons (Fsp3) is 0.0769. The van der Waals surface area contributed by atoms with Gasteiger partial charge in [-0.25, -0.2) is 0 Å². The molecule has 0 aliphatic rings. The van der Waals surface area contributed by atoms with Crippen LogP contribution in [-0.4, -0.2) is 0 Å². The minimum absolute atomic E-state index is 0.0886. The monoisotopic (exact) mass is 343 g/mol. The Balaban J connectivity index is 2.28. The van der Waals surface area contributed by atoms with E-state index < -0.39 is 0 Å². The lowest BCUT2D eigenvalue weighted by Gasteiger charge is -2.12. The second kappa shape index (κ2) is 5.17. The molecule has 0 radical (unpaired) electrons. The highest BCUT2D eigenvalue weighted by Gasteiger charge is 2.07. The summed E-state index contributed by atoms with van der Waals surface area (Å²) in [6.45, 7) is 0. The molecule has 2 N–H and O–H groups in total. The first-order valence-electron chi connectivity index (χ1n) is 4.93. The molecule has 2 rings (SSSR count). The summed E-state index contributed by atoms with van der Waals surface area (Å²) in [6.07, 6.45) is 0. The topological polar surface area (TPSA) is 26.0 Å². The summed E-state index contributed by atoms with van der Waals surface area (Å²) in [7, 11) is 0. The molecule has 2 aromatic carbocycles. The van der Waals surface area contributed by atoms with E-state index in [1.807, 2.05) is 24.3 Å². The zero-order chi connectivity index (χ0) is 11.5. The van der Waals surface area contributed by atoms with E-state index in [0.29, 0.717) is 0 Å². The Hall–Kier alpha value is -0.580. The van der Waals surface area contributed by atoms with Crippen LogP contribution in [0.2, 0.25) is 5.02 Å². The highest BCUT2D eigenvalue weighted by atomic mass is 127. The Morgan fingerprint density at radius 1 is 0.875 bits per heavy atom. The maximum atomic E-state index is 6.17. The average Bonchev–Trinajstić information content (AvgIpc) is 2.30. The highest BCUT2D eigenvalue weighted by Crippen LogP contribution is 2.21. The lowest BCUT2D eigenvalue weighted by molar-refractivity contribution is 0.871. The van der Waals surface area contributed by atoms with E-state index in [4.69, 9.17) is 17.3 Å². The van der Waals surface area contributed by atoms with Gasteiger partial charge in [0.2, 0.25) is 0 Å². The van der Waals surface area contributed by atoms with Crippen LogP contribution in [0.5, 0.6) is 0 Å². The lowest BCUT2D eigenvalue weighted by atomic mass is 10.00. The smallest absolute Gasteiger partial charge is 0.0551 e. The first-order chi connectivity index (χ1) is 7.66. The first-order valence-corrected chi connectivity index (χ1v) is 6.39. The molecule has 3 heteroatoms. The maximum Gasteiger partial charge on any atom is 0.0551 e. The Morgan fingerprint density at radius 3 is 1.81 bits per heavy atom. The summed E-state index contributed by atoms with van der Waals surface area (Å²) in [5, 5.41) is 0.735. The van der Waals surface area contributed by atoms with E-state index in [0.717, 1.165) is 16.1 Å². The van der Waals surface area contributed by atoms with Crippen LogP contribution in [0.1, 0.15) is 17.2 Å². The fourth-order valence-electron chi connectivity index (χ4n) is 1.53. The minimum Gasteiger partial charge on any atom is -0.320 e.